The largest absolute Gasteiger partial charge is 0.487 e. The zero-order valence-electron chi connectivity index (χ0n) is 19.9. The average molecular weight is 492 g/mol. The molecule has 1 aliphatic rings. The summed E-state index contributed by atoms with van der Waals surface area (Å²) in [5.41, 5.74) is 3.43. The second kappa shape index (κ2) is 11.0. The van der Waals surface area contributed by atoms with Gasteiger partial charge in [0.15, 0.2) is 0 Å². The predicted octanol–water partition coefficient (Wildman–Crippen LogP) is 5.83. The number of carboxylic acids is 1. The number of rotatable bonds is 10. The third kappa shape index (κ3) is 6.64. The number of amides is 1. The standard InChI is InChI=1S/C29H30ClNO4/c1-29(19-22-9-5-11-25(30)17-22)20-24-18-23(12-13-26(24)35-29)28(34)31(16-14-27(32)33)15-6-10-21-7-3-2-4-8-21/h2-5,7-9,11-13,17-18H,6,10,14-16,19-20H2,1H3,(H,32,33)/t29-/m0/s1. The lowest BCUT2D eigenvalue weighted by Crippen LogP contribution is -2.34. The molecule has 5 nitrogen and oxygen atoms in total. The van der Waals surface area contributed by atoms with Gasteiger partial charge in [-0.25, -0.2) is 0 Å². The number of aliphatic carboxylic acids is 1. The van der Waals surface area contributed by atoms with Crippen LogP contribution < -0.4 is 4.74 Å². The Hall–Kier alpha value is -3.31. The molecule has 0 unspecified atom stereocenters. The maximum atomic E-state index is 13.4. The Bertz CT molecular complexity index is 1200. The van der Waals surface area contributed by atoms with Gasteiger partial charge in [-0.3, -0.25) is 9.59 Å². The Kier molecular flexibility index (Phi) is 7.76. The van der Waals surface area contributed by atoms with Gasteiger partial charge in [-0.15, -0.1) is 0 Å². The summed E-state index contributed by atoms with van der Waals surface area (Å²) in [5.74, 6) is -0.275. The lowest BCUT2D eigenvalue weighted by atomic mass is 9.91. The Morgan fingerprint density at radius 2 is 1.77 bits per heavy atom. The fourth-order valence-electron chi connectivity index (χ4n) is 4.68. The van der Waals surface area contributed by atoms with Gasteiger partial charge >= 0.3 is 5.97 Å². The number of nitrogens with zero attached hydrogens (tertiary/aromatic N) is 1. The van der Waals surface area contributed by atoms with Crippen LogP contribution in [-0.2, 0) is 24.1 Å². The number of carboxylic acid groups (broad SMARTS) is 1. The van der Waals surface area contributed by atoms with Crippen molar-refractivity contribution in [2.45, 2.75) is 44.6 Å². The quantitative estimate of drug-likeness (QED) is 0.387. The van der Waals surface area contributed by atoms with Gasteiger partial charge in [0, 0.05) is 36.5 Å². The summed E-state index contributed by atoms with van der Waals surface area (Å²) in [5, 5.41) is 9.88. The highest BCUT2D eigenvalue weighted by Crippen LogP contribution is 2.38. The minimum atomic E-state index is -0.912. The van der Waals surface area contributed by atoms with Crippen molar-refractivity contribution >= 4 is 23.5 Å². The van der Waals surface area contributed by atoms with Crippen LogP contribution in [0.5, 0.6) is 5.75 Å². The molecule has 3 aromatic carbocycles. The third-order valence-electron chi connectivity index (χ3n) is 6.31. The normalized spacial score (nSPS) is 16.4. The number of aryl methyl sites for hydroxylation is 1. The van der Waals surface area contributed by atoms with Crippen molar-refractivity contribution in [2.24, 2.45) is 0 Å². The van der Waals surface area contributed by atoms with Gasteiger partial charge in [0.05, 0.1) is 6.42 Å². The molecule has 4 rings (SSSR count). The second-order valence-corrected chi connectivity index (χ2v) is 9.82. The SMILES string of the molecule is C[C@]1(Cc2cccc(Cl)c2)Cc2cc(C(=O)N(CCCc3ccccc3)CCC(=O)O)ccc2O1. The van der Waals surface area contributed by atoms with Crippen molar-refractivity contribution < 1.29 is 19.4 Å². The zero-order chi connectivity index (χ0) is 24.8. The van der Waals surface area contributed by atoms with Gasteiger partial charge in [-0.05, 0) is 66.8 Å². The lowest BCUT2D eigenvalue weighted by Gasteiger charge is -2.24. The van der Waals surface area contributed by atoms with Crippen molar-refractivity contribution in [3.8, 4) is 5.75 Å². The molecule has 1 amide bonds. The molecule has 0 aromatic heterocycles. The minimum Gasteiger partial charge on any atom is -0.487 e. The van der Waals surface area contributed by atoms with Crippen LogP contribution in [0, 0.1) is 0 Å². The number of carbonyl (C=O) groups excluding carboxylic acids is 1. The Labute approximate surface area is 211 Å². The summed E-state index contributed by atoms with van der Waals surface area (Å²) in [6.45, 7) is 2.75. The maximum Gasteiger partial charge on any atom is 0.305 e. The molecule has 182 valence electrons. The topological polar surface area (TPSA) is 66.8 Å². The third-order valence-corrected chi connectivity index (χ3v) is 6.55. The fraction of sp³-hybridized carbons (Fsp3) is 0.310. The van der Waals surface area contributed by atoms with E-state index in [1.807, 2.05) is 54.6 Å². The van der Waals surface area contributed by atoms with Crippen LogP contribution in [-0.4, -0.2) is 40.6 Å². The number of hydrogen-bond acceptors (Lipinski definition) is 3. The summed E-state index contributed by atoms with van der Waals surface area (Å²) in [6, 6.07) is 23.4. The number of ether oxygens (including phenoxy) is 1. The van der Waals surface area contributed by atoms with E-state index >= 15 is 0 Å². The molecule has 1 heterocycles. The Balaban J connectivity index is 1.44. The van der Waals surface area contributed by atoms with Crippen LogP contribution in [0.1, 0.15) is 46.8 Å². The van der Waals surface area contributed by atoms with Crippen LogP contribution in [0.3, 0.4) is 0 Å². The smallest absolute Gasteiger partial charge is 0.305 e. The van der Waals surface area contributed by atoms with Crippen molar-refractivity contribution in [1.29, 1.82) is 0 Å². The van der Waals surface area contributed by atoms with Gasteiger partial charge < -0.3 is 14.7 Å². The predicted molar refractivity (Wildman–Crippen MR) is 137 cm³/mol. The summed E-state index contributed by atoms with van der Waals surface area (Å²) < 4.78 is 6.28. The first-order valence-corrected chi connectivity index (χ1v) is 12.3. The van der Waals surface area contributed by atoms with E-state index in [2.05, 4.69) is 19.1 Å². The molecule has 0 saturated carbocycles. The molecule has 6 heteroatoms. The van der Waals surface area contributed by atoms with Gasteiger partial charge in [-0.1, -0.05) is 54.1 Å². The molecule has 1 aliphatic heterocycles. The van der Waals surface area contributed by atoms with E-state index in [0.29, 0.717) is 30.0 Å². The number of carbonyl (C=O) groups is 2. The highest BCUT2D eigenvalue weighted by Gasteiger charge is 2.35. The average Bonchev–Trinajstić information content (AvgIpc) is 3.16. The van der Waals surface area contributed by atoms with Crippen molar-refractivity contribution in [1.82, 2.24) is 4.90 Å². The molecule has 1 atom stereocenters. The monoisotopic (exact) mass is 491 g/mol. The Morgan fingerprint density at radius 3 is 2.51 bits per heavy atom. The molecule has 0 bridgehead atoms. The van der Waals surface area contributed by atoms with Crippen LogP contribution in [0.2, 0.25) is 5.02 Å². The second-order valence-electron chi connectivity index (χ2n) is 9.38. The van der Waals surface area contributed by atoms with Crippen LogP contribution in [0.15, 0.2) is 72.8 Å². The maximum absolute atomic E-state index is 13.4. The molecule has 3 aromatic rings. The molecular formula is C29H30ClNO4. The van der Waals surface area contributed by atoms with Crippen molar-refractivity contribution in [2.75, 3.05) is 13.1 Å². The van der Waals surface area contributed by atoms with E-state index in [9.17, 15) is 14.7 Å². The van der Waals surface area contributed by atoms with Crippen LogP contribution >= 0.6 is 11.6 Å². The molecule has 0 radical (unpaired) electrons. The van der Waals surface area contributed by atoms with Crippen LogP contribution in [0.4, 0.5) is 0 Å². The minimum absolute atomic E-state index is 0.0805. The van der Waals surface area contributed by atoms with Gasteiger partial charge in [0.2, 0.25) is 0 Å². The first-order valence-electron chi connectivity index (χ1n) is 11.9. The molecule has 1 N–H and O–H groups in total. The van der Waals surface area contributed by atoms with E-state index < -0.39 is 11.6 Å². The molecular weight excluding hydrogens is 462 g/mol. The van der Waals surface area contributed by atoms with E-state index in [4.69, 9.17) is 16.3 Å². The van der Waals surface area contributed by atoms with E-state index in [1.165, 1.54) is 5.56 Å². The molecule has 35 heavy (non-hydrogen) atoms. The molecule has 0 aliphatic carbocycles. The number of benzene rings is 3. The molecule has 0 saturated heterocycles. The highest BCUT2D eigenvalue weighted by atomic mass is 35.5. The van der Waals surface area contributed by atoms with Gasteiger partial charge in [0.1, 0.15) is 11.4 Å². The first-order chi connectivity index (χ1) is 16.8. The lowest BCUT2D eigenvalue weighted by molar-refractivity contribution is -0.137. The summed E-state index contributed by atoms with van der Waals surface area (Å²) in [7, 11) is 0. The number of fused-ring (bicyclic) bond motifs is 1. The summed E-state index contributed by atoms with van der Waals surface area (Å²) in [6.07, 6.45) is 2.90. The zero-order valence-corrected chi connectivity index (χ0v) is 20.6. The summed E-state index contributed by atoms with van der Waals surface area (Å²) >= 11 is 6.15. The fourth-order valence-corrected chi connectivity index (χ4v) is 4.89. The van der Waals surface area contributed by atoms with E-state index in [-0.39, 0.29) is 18.9 Å². The molecule has 0 spiro atoms. The summed E-state index contributed by atoms with van der Waals surface area (Å²) in [4.78, 5) is 26.2. The highest BCUT2D eigenvalue weighted by molar-refractivity contribution is 6.30. The number of halogens is 1. The van der Waals surface area contributed by atoms with E-state index in [0.717, 1.165) is 29.7 Å². The molecule has 0 fully saturated rings. The van der Waals surface area contributed by atoms with Crippen LogP contribution in [0.25, 0.3) is 0 Å². The van der Waals surface area contributed by atoms with Crippen molar-refractivity contribution in [3.63, 3.8) is 0 Å². The first kappa shape index (κ1) is 24.8. The van der Waals surface area contributed by atoms with Gasteiger partial charge in [0.25, 0.3) is 5.91 Å². The Morgan fingerprint density at radius 1 is 1.00 bits per heavy atom. The number of hydrogen-bond donors (Lipinski definition) is 1. The van der Waals surface area contributed by atoms with Crippen molar-refractivity contribution in [3.05, 3.63) is 100 Å². The van der Waals surface area contributed by atoms with Gasteiger partial charge in [-0.2, -0.15) is 0 Å². The van der Waals surface area contributed by atoms with E-state index in [1.54, 1.807) is 11.0 Å².